The van der Waals surface area contributed by atoms with Crippen LogP contribution in [0.15, 0.2) is 36.4 Å². The van der Waals surface area contributed by atoms with Crippen LogP contribution in [0.2, 0.25) is 0 Å². The Hall–Kier alpha value is -3.72. The lowest BCUT2D eigenvalue weighted by Crippen LogP contribution is -2.72. The Balaban J connectivity index is 1.71. The van der Waals surface area contributed by atoms with Crippen molar-refractivity contribution >= 4 is 48.0 Å². The van der Waals surface area contributed by atoms with Gasteiger partial charge in [0.05, 0.1) is 6.04 Å². The van der Waals surface area contributed by atoms with E-state index >= 15 is 0 Å². The number of nitrogens with two attached hydrogens (primary N) is 2. The molecule has 50 heavy (non-hydrogen) atoms. The lowest BCUT2D eigenvalue weighted by Gasteiger charge is -2.48. The first kappa shape index (κ1) is 39.1. The Bertz CT molecular complexity index is 1610. The number of carboxylic acid groups (broad SMARTS) is 1. The quantitative estimate of drug-likeness (QED) is 0.0739. The third kappa shape index (κ3) is 7.78. The molecule has 2 heterocycles. The predicted molar refractivity (Wildman–Crippen MR) is 186 cm³/mol. The van der Waals surface area contributed by atoms with Crippen LogP contribution in [0.3, 0.4) is 0 Å². The van der Waals surface area contributed by atoms with Gasteiger partial charge in [0.25, 0.3) is 17.7 Å². The van der Waals surface area contributed by atoms with E-state index in [1.165, 1.54) is 0 Å². The normalized spacial score (nSPS) is 19.9. The average molecular weight is 717 g/mol. The maximum Gasteiger partial charge on any atom is 0.342 e. The van der Waals surface area contributed by atoms with Gasteiger partial charge in [0.1, 0.15) is 11.8 Å². The molecular formula is C34H49N6O9P. The van der Waals surface area contributed by atoms with Crippen LogP contribution < -0.4 is 16.8 Å². The molecule has 8 N–H and O–H groups in total. The maximum atomic E-state index is 14.8. The number of carboxylic acids is 1. The topological polar surface area (TPSA) is 237 Å². The van der Waals surface area contributed by atoms with Gasteiger partial charge in [0.2, 0.25) is 5.91 Å². The summed E-state index contributed by atoms with van der Waals surface area (Å²) in [4.78, 5) is 92.8. The van der Waals surface area contributed by atoms with Crippen molar-refractivity contribution in [3.05, 3.63) is 47.5 Å². The molecule has 4 amide bonds. The molecule has 2 aliphatic heterocycles. The molecule has 2 unspecified atom stereocenters. The van der Waals surface area contributed by atoms with Crippen molar-refractivity contribution in [1.82, 2.24) is 20.0 Å². The molecule has 4 rings (SSSR count). The largest absolute Gasteiger partial charge is 0.480 e. The van der Waals surface area contributed by atoms with Crippen LogP contribution in [-0.2, 0) is 18.9 Å². The first-order chi connectivity index (χ1) is 23.6. The van der Waals surface area contributed by atoms with Crippen molar-refractivity contribution in [2.24, 2.45) is 17.4 Å². The molecule has 2 aromatic rings. The Labute approximate surface area is 291 Å². The second-order valence-corrected chi connectivity index (χ2v) is 15.2. The molecule has 2 aliphatic rings. The number of nitrogens with one attached hydrogen (secondary N) is 1. The summed E-state index contributed by atoms with van der Waals surface area (Å²) >= 11 is 0. The molecule has 0 aromatic heterocycles. The Morgan fingerprint density at radius 2 is 1.66 bits per heavy atom. The van der Waals surface area contributed by atoms with E-state index in [2.05, 4.69) is 5.32 Å². The number of primary amides is 1. The van der Waals surface area contributed by atoms with Gasteiger partial charge in [-0.25, -0.2) is 4.79 Å². The lowest BCUT2D eigenvalue weighted by atomic mass is 9.93. The molecule has 1 fully saturated rings. The summed E-state index contributed by atoms with van der Waals surface area (Å²) in [6.07, 6.45) is 0.883. The number of aliphatic carboxylic acids is 1. The number of hydrogen-bond acceptors (Lipinski definition) is 9. The molecule has 0 aliphatic carbocycles. The number of imide groups is 1. The van der Waals surface area contributed by atoms with Gasteiger partial charge in [-0.15, -0.1) is 0 Å². The van der Waals surface area contributed by atoms with Gasteiger partial charge in [-0.2, -0.15) is 0 Å². The fourth-order valence-electron chi connectivity index (χ4n) is 7.38. The molecule has 0 spiro atoms. The van der Waals surface area contributed by atoms with Gasteiger partial charge in [0.15, 0.2) is 5.66 Å². The molecule has 4 atom stereocenters. The van der Waals surface area contributed by atoms with Crippen molar-refractivity contribution in [2.45, 2.75) is 89.2 Å². The monoisotopic (exact) mass is 716 g/mol. The zero-order valence-electron chi connectivity index (χ0n) is 28.8. The highest BCUT2D eigenvalue weighted by atomic mass is 31.2. The van der Waals surface area contributed by atoms with E-state index in [0.717, 1.165) is 9.80 Å². The number of amides is 4. The first-order valence-corrected chi connectivity index (χ1v) is 18.8. The number of carbonyl (C=O) groups excluding carboxylic acids is 4. The number of rotatable bonds is 18. The van der Waals surface area contributed by atoms with Gasteiger partial charge in [0, 0.05) is 29.6 Å². The summed E-state index contributed by atoms with van der Waals surface area (Å²) < 4.78 is 13.0. The molecule has 2 aromatic carbocycles. The molecule has 16 heteroatoms. The van der Waals surface area contributed by atoms with Crippen LogP contribution in [0.1, 0.15) is 86.4 Å². The van der Waals surface area contributed by atoms with Gasteiger partial charge in [-0.05, 0) is 81.5 Å². The highest BCUT2D eigenvalue weighted by Crippen LogP contribution is 2.43. The Kier molecular flexibility index (Phi) is 12.6. The smallest absolute Gasteiger partial charge is 0.342 e. The summed E-state index contributed by atoms with van der Waals surface area (Å²) in [6.45, 7) is 5.90. The van der Waals surface area contributed by atoms with E-state index in [1.54, 1.807) is 62.1 Å². The minimum absolute atomic E-state index is 0.0128. The highest BCUT2D eigenvalue weighted by Gasteiger charge is 2.56. The Morgan fingerprint density at radius 1 is 1.04 bits per heavy atom. The van der Waals surface area contributed by atoms with Gasteiger partial charge in [-0.3, -0.25) is 38.9 Å². The van der Waals surface area contributed by atoms with Crippen molar-refractivity contribution in [3.63, 3.8) is 0 Å². The van der Waals surface area contributed by atoms with Crippen molar-refractivity contribution in [1.29, 1.82) is 0 Å². The average Bonchev–Trinajstić information content (AvgIpc) is 3.49. The fraction of sp³-hybridized carbons (Fsp3) is 0.559. The summed E-state index contributed by atoms with van der Waals surface area (Å²) in [5.74, 6) is -6.28. The van der Waals surface area contributed by atoms with Gasteiger partial charge >= 0.3 is 13.6 Å². The van der Waals surface area contributed by atoms with E-state index in [4.69, 9.17) is 11.5 Å². The summed E-state index contributed by atoms with van der Waals surface area (Å²) in [5, 5.41) is 14.5. The lowest BCUT2D eigenvalue weighted by molar-refractivity contribution is -0.172. The summed E-state index contributed by atoms with van der Waals surface area (Å²) in [6, 6.07) is 7.23. The van der Waals surface area contributed by atoms with E-state index in [9.17, 15) is 43.4 Å². The molecule has 0 saturated carbocycles. The van der Waals surface area contributed by atoms with Gasteiger partial charge < -0.3 is 31.3 Å². The third-order valence-electron chi connectivity index (χ3n) is 9.70. The standard InChI is InChI=1S/C34H49N6O9P/c1-4-38-18-9-16-34(38,33(36)46)40(26(32(44)45)14-5-6-17-35)31(43)25(20-21(2)3)37-27(50(47,48)49)15-19-39-29(41)23-12-7-10-22-11-8-13-24(28(22)23)30(39)42/h7-8,10-13,21,25-27,37H,4-6,9,14-20,35H2,1-3H3,(H2,36,46)(H,44,45)(H2,47,48,49)/t25?,26?,27-,34-/m0/s1. The number of likely N-dealkylation sites (tertiary alicyclic amines) is 1. The number of nitrogens with zero attached hydrogens (tertiary/aromatic N) is 3. The van der Waals surface area contributed by atoms with E-state index < -0.39 is 67.1 Å². The third-order valence-corrected chi connectivity index (χ3v) is 10.9. The predicted octanol–water partition coefficient (Wildman–Crippen LogP) is 2.04. The summed E-state index contributed by atoms with van der Waals surface area (Å²) in [5.41, 5.74) is 10.5. The molecule has 1 saturated heterocycles. The maximum absolute atomic E-state index is 14.8. The molecule has 0 radical (unpaired) electrons. The zero-order chi connectivity index (χ0) is 37.0. The molecule has 0 bridgehead atoms. The van der Waals surface area contributed by atoms with Gasteiger partial charge in [-0.1, -0.05) is 45.0 Å². The molecular weight excluding hydrogens is 667 g/mol. The van der Waals surface area contributed by atoms with Crippen LogP contribution in [0.5, 0.6) is 0 Å². The number of unbranched alkanes of at least 4 members (excludes halogenated alkanes) is 1. The number of benzene rings is 2. The minimum atomic E-state index is -5.07. The van der Waals surface area contributed by atoms with E-state index in [0.29, 0.717) is 36.6 Å². The number of carbonyl (C=O) groups is 5. The van der Waals surface area contributed by atoms with Crippen LogP contribution in [0.25, 0.3) is 10.8 Å². The fourth-order valence-corrected chi connectivity index (χ4v) is 8.21. The van der Waals surface area contributed by atoms with Crippen LogP contribution in [-0.4, -0.2) is 109 Å². The molecule has 274 valence electrons. The van der Waals surface area contributed by atoms with Crippen LogP contribution >= 0.6 is 7.60 Å². The number of likely N-dealkylation sites (N-methyl/N-ethyl adjacent to an activating group) is 1. The van der Waals surface area contributed by atoms with Crippen molar-refractivity contribution < 1.29 is 43.4 Å². The summed E-state index contributed by atoms with van der Waals surface area (Å²) in [7, 11) is -5.07. The zero-order valence-corrected chi connectivity index (χ0v) is 29.7. The second-order valence-electron chi connectivity index (χ2n) is 13.4. The van der Waals surface area contributed by atoms with Crippen molar-refractivity contribution in [3.8, 4) is 0 Å². The first-order valence-electron chi connectivity index (χ1n) is 17.1. The van der Waals surface area contributed by atoms with Crippen molar-refractivity contribution in [2.75, 3.05) is 26.2 Å². The van der Waals surface area contributed by atoms with E-state index in [1.807, 2.05) is 0 Å². The van der Waals surface area contributed by atoms with Crippen LogP contribution in [0, 0.1) is 5.92 Å². The highest BCUT2D eigenvalue weighted by molar-refractivity contribution is 7.52. The minimum Gasteiger partial charge on any atom is -0.480 e. The van der Waals surface area contributed by atoms with E-state index in [-0.39, 0.29) is 55.9 Å². The number of hydrogen-bond donors (Lipinski definition) is 6. The SMILES string of the molecule is CCN1CCC[C@@]1(C(N)=O)N(C(=O)C(CC(C)C)N[C@H](CCN1C(=O)c2cccc3cccc(c23)C1=O)P(=O)(O)O)C(CCCCN)C(=O)O. The molecule has 15 nitrogen and oxygen atoms in total. The van der Waals surface area contributed by atoms with Crippen LogP contribution in [0.4, 0.5) is 0 Å². The Morgan fingerprint density at radius 3 is 2.16 bits per heavy atom. The second kappa shape index (κ2) is 16.1.